The van der Waals surface area contributed by atoms with Crippen molar-refractivity contribution in [1.29, 1.82) is 0 Å². The maximum atomic E-state index is 13.4. The highest BCUT2D eigenvalue weighted by molar-refractivity contribution is 7.82. The Balaban J connectivity index is 1.16. The van der Waals surface area contributed by atoms with E-state index >= 15 is 0 Å². The van der Waals surface area contributed by atoms with E-state index in [0.29, 0.717) is 41.4 Å². The Hall–Kier alpha value is -3.41. The molecule has 1 aliphatic carbocycles. The standard InChI is InChI=1S/C27H25F2N3O5S/c28-27(29)36-22-11-8-18(15-23(22)37-27)26(12-13-26)25(34)31-24-5-1-4-21(30-24)17-6-9-20(10-7-17)38(35)32-14-2-3-19(32)16-33/h1,4-11,15,19,33H,2-3,12-14,16H2,(H,30,31,34)/t19-,38?/m1/s1. The molecule has 2 fully saturated rings. The zero-order valence-corrected chi connectivity index (χ0v) is 21.0. The third-order valence-electron chi connectivity index (χ3n) is 7.23. The van der Waals surface area contributed by atoms with Gasteiger partial charge in [-0.1, -0.05) is 24.3 Å². The van der Waals surface area contributed by atoms with Gasteiger partial charge in [-0.15, -0.1) is 8.78 Å². The predicted octanol–water partition coefficient (Wildman–Crippen LogP) is 4.22. The third-order valence-corrected chi connectivity index (χ3v) is 8.81. The second-order valence-corrected chi connectivity index (χ2v) is 11.1. The first-order valence-corrected chi connectivity index (χ1v) is 13.5. The number of ether oxygens (including phenoxy) is 2. The number of hydrogen-bond acceptors (Lipinski definition) is 6. The Morgan fingerprint density at radius 3 is 2.61 bits per heavy atom. The minimum Gasteiger partial charge on any atom is -0.395 e. The third kappa shape index (κ3) is 4.55. The molecule has 3 aromatic rings. The number of aliphatic hydroxyl groups excluding tert-OH is 1. The summed E-state index contributed by atoms with van der Waals surface area (Å²) in [7, 11) is -1.35. The summed E-state index contributed by atoms with van der Waals surface area (Å²) in [5.41, 5.74) is 1.16. The molecular formula is C27H25F2N3O5S. The predicted molar refractivity (Wildman–Crippen MR) is 135 cm³/mol. The van der Waals surface area contributed by atoms with Gasteiger partial charge in [-0.25, -0.2) is 13.5 Å². The lowest BCUT2D eigenvalue weighted by Gasteiger charge is -2.21. The Kier molecular flexibility index (Phi) is 6.16. The van der Waals surface area contributed by atoms with E-state index < -0.39 is 22.7 Å². The van der Waals surface area contributed by atoms with Gasteiger partial charge in [0.15, 0.2) is 11.5 Å². The molecule has 1 saturated heterocycles. The number of carbonyl (C=O) groups excluding carboxylic acids is 1. The van der Waals surface area contributed by atoms with E-state index in [0.717, 1.165) is 18.4 Å². The number of nitrogens with zero attached hydrogens (tertiary/aromatic N) is 2. The molecule has 38 heavy (non-hydrogen) atoms. The van der Waals surface area contributed by atoms with Crippen LogP contribution < -0.4 is 14.8 Å². The number of hydrogen-bond donors (Lipinski definition) is 2. The average molecular weight is 542 g/mol. The number of fused-ring (bicyclic) bond motifs is 1. The van der Waals surface area contributed by atoms with Crippen LogP contribution in [-0.4, -0.2) is 50.0 Å². The van der Waals surface area contributed by atoms with E-state index in [1.165, 1.54) is 12.1 Å². The fourth-order valence-corrected chi connectivity index (χ4v) is 6.38. The number of carbonyl (C=O) groups is 1. The zero-order valence-electron chi connectivity index (χ0n) is 20.2. The molecule has 1 amide bonds. The van der Waals surface area contributed by atoms with Crippen LogP contribution in [0.25, 0.3) is 11.3 Å². The molecule has 3 heterocycles. The molecule has 6 rings (SSSR count). The summed E-state index contributed by atoms with van der Waals surface area (Å²) < 4.78 is 50.6. The van der Waals surface area contributed by atoms with Gasteiger partial charge in [0.05, 0.1) is 22.6 Å². The number of aliphatic hydroxyl groups is 1. The normalized spacial score (nSPS) is 21.7. The first-order valence-electron chi connectivity index (χ1n) is 12.4. The molecule has 8 nitrogen and oxygen atoms in total. The first kappa shape index (κ1) is 24.9. The molecule has 2 atom stereocenters. The number of aromatic nitrogens is 1. The summed E-state index contributed by atoms with van der Waals surface area (Å²) in [6.45, 7) is 0.668. The summed E-state index contributed by atoms with van der Waals surface area (Å²) in [6.07, 6.45) is -0.839. The topological polar surface area (TPSA) is 101 Å². The summed E-state index contributed by atoms with van der Waals surface area (Å²) in [5.74, 6) is -0.0651. The second-order valence-electron chi connectivity index (χ2n) is 9.67. The van der Waals surface area contributed by atoms with E-state index in [9.17, 15) is 22.9 Å². The molecule has 1 aromatic heterocycles. The van der Waals surface area contributed by atoms with Crippen molar-refractivity contribution in [1.82, 2.24) is 9.29 Å². The minimum atomic E-state index is -3.71. The van der Waals surface area contributed by atoms with Crippen molar-refractivity contribution in [3.8, 4) is 22.8 Å². The van der Waals surface area contributed by atoms with Gasteiger partial charge >= 0.3 is 6.29 Å². The lowest BCUT2D eigenvalue weighted by molar-refractivity contribution is -0.286. The number of halogens is 2. The Morgan fingerprint density at radius 1 is 1.11 bits per heavy atom. The van der Waals surface area contributed by atoms with E-state index in [-0.39, 0.29) is 30.1 Å². The number of alkyl halides is 2. The molecule has 0 radical (unpaired) electrons. The lowest BCUT2D eigenvalue weighted by Crippen LogP contribution is -2.33. The van der Waals surface area contributed by atoms with Crippen LogP contribution in [0.2, 0.25) is 0 Å². The van der Waals surface area contributed by atoms with Crippen LogP contribution in [0, 0.1) is 0 Å². The molecule has 2 N–H and O–H groups in total. The molecule has 1 saturated carbocycles. The maximum absolute atomic E-state index is 13.4. The molecule has 11 heteroatoms. The number of anilines is 1. The first-order chi connectivity index (χ1) is 18.3. The maximum Gasteiger partial charge on any atom is 0.586 e. The van der Waals surface area contributed by atoms with Crippen molar-refractivity contribution in [3.05, 3.63) is 66.2 Å². The van der Waals surface area contributed by atoms with Gasteiger partial charge in [-0.2, -0.15) is 0 Å². The van der Waals surface area contributed by atoms with Gasteiger partial charge < -0.3 is 19.9 Å². The zero-order chi connectivity index (χ0) is 26.5. The molecule has 198 valence electrons. The second kappa shape index (κ2) is 9.40. The van der Waals surface area contributed by atoms with Crippen LogP contribution in [0.4, 0.5) is 14.6 Å². The highest BCUT2D eigenvalue weighted by Crippen LogP contribution is 2.52. The number of rotatable bonds is 7. The van der Waals surface area contributed by atoms with Crippen LogP contribution >= 0.6 is 0 Å². The molecule has 0 spiro atoms. The number of pyridine rings is 1. The fraction of sp³-hybridized carbons (Fsp3) is 0.333. The number of amides is 1. The molecule has 0 bridgehead atoms. The summed E-state index contributed by atoms with van der Waals surface area (Å²) in [5, 5.41) is 12.4. The molecule has 3 aliphatic rings. The van der Waals surface area contributed by atoms with Crippen LogP contribution in [0.15, 0.2) is 65.6 Å². The Bertz CT molecular complexity index is 1410. The van der Waals surface area contributed by atoms with Crippen LogP contribution in [-0.2, 0) is 21.2 Å². The summed E-state index contributed by atoms with van der Waals surface area (Å²) >= 11 is 0. The van der Waals surface area contributed by atoms with E-state index in [1.807, 2.05) is 22.5 Å². The quantitative estimate of drug-likeness (QED) is 0.465. The minimum absolute atomic E-state index is 0.0157. The highest BCUT2D eigenvalue weighted by atomic mass is 32.2. The van der Waals surface area contributed by atoms with Gasteiger partial charge in [-0.3, -0.25) is 4.79 Å². The smallest absolute Gasteiger partial charge is 0.395 e. The van der Waals surface area contributed by atoms with Crippen LogP contribution in [0.3, 0.4) is 0 Å². The van der Waals surface area contributed by atoms with E-state index in [2.05, 4.69) is 19.8 Å². The fourth-order valence-electron chi connectivity index (χ4n) is 5.01. The number of benzene rings is 2. The van der Waals surface area contributed by atoms with Crippen molar-refractivity contribution >= 4 is 22.7 Å². The summed E-state index contributed by atoms with van der Waals surface area (Å²) in [4.78, 5) is 18.5. The van der Waals surface area contributed by atoms with Crippen molar-refractivity contribution in [3.63, 3.8) is 0 Å². The van der Waals surface area contributed by atoms with Crippen molar-refractivity contribution in [2.45, 2.75) is 48.3 Å². The molecule has 2 aromatic carbocycles. The van der Waals surface area contributed by atoms with Crippen LogP contribution in [0.5, 0.6) is 11.5 Å². The van der Waals surface area contributed by atoms with Crippen LogP contribution in [0.1, 0.15) is 31.2 Å². The average Bonchev–Trinajstić information content (AvgIpc) is 3.48. The van der Waals surface area contributed by atoms with Gasteiger partial charge in [0.1, 0.15) is 16.8 Å². The lowest BCUT2D eigenvalue weighted by atomic mass is 9.94. The molecular weight excluding hydrogens is 516 g/mol. The summed E-state index contributed by atoms with van der Waals surface area (Å²) in [6, 6.07) is 16.8. The monoisotopic (exact) mass is 541 g/mol. The number of nitrogens with one attached hydrogen (secondary N) is 1. The molecule has 2 aliphatic heterocycles. The van der Waals surface area contributed by atoms with Crippen molar-refractivity contribution in [2.24, 2.45) is 0 Å². The van der Waals surface area contributed by atoms with Gasteiger partial charge in [0, 0.05) is 18.2 Å². The highest BCUT2D eigenvalue weighted by Gasteiger charge is 2.53. The van der Waals surface area contributed by atoms with Gasteiger partial charge in [-0.05, 0) is 67.6 Å². The van der Waals surface area contributed by atoms with Gasteiger partial charge in [0.25, 0.3) is 0 Å². The van der Waals surface area contributed by atoms with Gasteiger partial charge in [0.2, 0.25) is 5.91 Å². The van der Waals surface area contributed by atoms with Crippen molar-refractivity contribution < 1.29 is 32.4 Å². The Morgan fingerprint density at radius 2 is 1.87 bits per heavy atom. The SMILES string of the molecule is O=C(Nc1cccc(-c2ccc(S(=O)N3CCC[C@@H]3CO)cc2)n1)C1(c2ccc3c(c2)OC(F)(F)O3)CC1. The largest absolute Gasteiger partial charge is 0.586 e. The van der Waals surface area contributed by atoms with Crippen molar-refractivity contribution in [2.75, 3.05) is 18.5 Å². The van der Waals surface area contributed by atoms with E-state index in [1.54, 1.807) is 30.3 Å². The Labute approximate surface area is 220 Å². The molecule has 1 unspecified atom stereocenters. The van der Waals surface area contributed by atoms with E-state index in [4.69, 9.17) is 0 Å².